The topological polar surface area (TPSA) is 84.5 Å². The molecule has 0 spiro atoms. The Morgan fingerprint density at radius 3 is 2.61 bits per heavy atom. The average Bonchev–Trinajstić information content (AvgIpc) is 3.02. The molecule has 1 unspecified atom stereocenters. The summed E-state index contributed by atoms with van der Waals surface area (Å²) in [4.78, 5) is 27.3. The standard InChI is InChI=1S/C19H24ClN5O3/c1-14(12-24-15(2)10-18(21-24)25(27)28)19(26)23-8-6-22(7-9-23)13-16-4-3-5-17(20)11-16/h3-5,10-11,14H,6-9,12-13H2,1-2H3. The van der Waals surface area contributed by atoms with Crippen LogP contribution in [0.5, 0.6) is 0 Å². The van der Waals surface area contributed by atoms with Crippen molar-refractivity contribution in [3.8, 4) is 0 Å². The number of amides is 1. The van der Waals surface area contributed by atoms with Crippen LogP contribution in [0.1, 0.15) is 18.2 Å². The summed E-state index contributed by atoms with van der Waals surface area (Å²) < 4.78 is 1.54. The lowest BCUT2D eigenvalue weighted by Crippen LogP contribution is -2.50. The van der Waals surface area contributed by atoms with Crippen LogP contribution in [0.4, 0.5) is 5.82 Å². The average molecular weight is 406 g/mol. The third-order valence-electron chi connectivity index (χ3n) is 5.00. The van der Waals surface area contributed by atoms with E-state index in [0.29, 0.717) is 25.3 Å². The van der Waals surface area contributed by atoms with Crippen LogP contribution in [0.2, 0.25) is 5.02 Å². The van der Waals surface area contributed by atoms with Gasteiger partial charge in [0.1, 0.15) is 0 Å². The first-order valence-corrected chi connectivity index (χ1v) is 9.65. The molecule has 1 fully saturated rings. The molecule has 1 aromatic carbocycles. The zero-order valence-corrected chi connectivity index (χ0v) is 16.8. The van der Waals surface area contributed by atoms with E-state index < -0.39 is 4.92 Å². The lowest BCUT2D eigenvalue weighted by atomic mass is 10.1. The zero-order chi connectivity index (χ0) is 20.3. The zero-order valence-electron chi connectivity index (χ0n) is 16.0. The van der Waals surface area contributed by atoms with Crippen molar-refractivity contribution in [3.05, 3.63) is 56.7 Å². The van der Waals surface area contributed by atoms with Crippen LogP contribution in [0.25, 0.3) is 0 Å². The molecule has 0 radical (unpaired) electrons. The molecule has 9 heteroatoms. The Morgan fingerprint density at radius 2 is 2.00 bits per heavy atom. The van der Waals surface area contributed by atoms with Gasteiger partial charge in [-0.1, -0.05) is 30.7 Å². The summed E-state index contributed by atoms with van der Waals surface area (Å²) in [5.41, 5.74) is 1.84. The van der Waals surface area contributed by atoms with Crippen molar-refractivity contribution in [2.45, 2.75) is 26.9 Å². The quantitative estimate of drug-likeness (QED) is 0.545. The smallest absolute Gasteiger partial charge is 0.358 e. The molecule has 8 nitrogen and oxygen atoms in total. The van der Waals surface area contributed by atoms with E-state index in [0.717, 1.165) is 30.2 Å². The van der Waals surface area contributed by atoms with Crippen LogP contribution < -0.4 is 0 Å². The second kappa shape index (κ2) is 8.70. The molecule has 0 saturated carbocycles. The number of nitro groups is 1. The van der Waals surface area contributed by atoms with Gasteiger partial charge in [-0.3, -0.25) is 9.69 Å². The Labute approximate surface area is 168 Å². The van der Waals surface area contributed by atoms with Gasteiger partial charge < -0.3 is 15.0 Å². The molecule has 1 aliphatic rings. The second-order valence-corrected chi connectivity index (χ2v) is 7.65. The minimum Gasteiger partial charge on any atom is -0.358 e. The van der Waals surface area contributed by atoms with Gasteiger partial charge in [0.15, 0.2) is 0 Å². The number of piperazine rings is 1. The molecular formula is C19H24ClN5O3. The fraction of sp³-hybridized carbons (Fsp3) is 0.474. The van der Waals surface area contributed by atoms with Crippen molar-refractivity contribution < 1.29 is 9.72 Å². The van der Waals surface area contributed by atoms with Crippen molar-refractivity contribution in [3.63, 3.8) is 0 Å². The van der Waals surface area contributed by atoms with E-state index in [1.165, 1.54) is 10.7 Å². The summed E-state index contributed by atoms with van der Waals surface area (Å²) in [6.07, 6.45) is 0. The second-order valence-electron chi connectivity index (χ2n) is 7.22. The van der Waals surface area contributed by atoms with Crippen LogP contribution in [0.15, 0.2) is 30.3 Å². The number of carbonyl (C=O) groups excluding carboxylic acids is 1. The fourth-order valence-electron chi connectivity index (χ4n) is 3.44. The third-order valence-corrected chi connectivity index (χ3v) is 5.24. The van der Waals surface area contributed by atoms with Crippen molar-refractivity contribution in [2.75, 3.05) is 26.2 Å². The van der Waals surface area contributed by atoms with E-state index in [1.54, 1.807) is 6.92 Å². The molecule has 150 valence electrons. The Kier molecular flexibility index (Phi) is 6.31. The minimum atomic E-state index is -0.519. The molecule has 1 aromatic heterocycles. The van der Waals surface area contributed by atoms with Crippen molar-refractivity contribution in [1.82, 2.24) is 19.6 Å². The number of aromatic nitrogens is 2. The summed E-state index contributed by atoms with van der Waals surface area (Å²) >= 11 is 6.04. The maximum absolute atomic E-state index is 12.8. The SMILES string of the molecule is Cc1cc([N+](=O)[O-])nn1CC(C)C(=O)N1CCN(Cc2cccc(Cl)c2)CC1. The maximum Gasteiger partial charge on any atom is 0.390 e. The van der Waals surface area contributed by atoms with E-state index >= 15 is 0 Å². The first kappa shape index (κ1) is 20.3. The lowest BCUT2D eigenvalue weighted by Gasteiger charge is -2.36. The van der Waals surface area contributed by atoms with E-state index in [-0.39, 0.29) is 17.6 Å². The van der Waals surface area contributed by atoms with Crippen molar-refractivity contribution in [1.29, 1.82) is 0 Å². The van der Waals surface area contributed by atoms with Crippen molar-refractivity contribution >= 4 is 23.3 Å². The summed E-state index contributed by atoms with van der Waals surface area (Å²) in [5, 5.41) is 15.6. The first-order chi connectivity index (χ1) is 13.3. The number of carbonyl (C=O) groups is 1. The van der Waals surface area contributed by atoms with Gasteiger partial charge in [0, 0.05) is 37.7 Å². The van der Waals surface area contributed by atoms with Crippen molar-refractivity contribution in [2.24, 2.45) is 5.92 Å². The Morgan fingerprint density at radius 1 is 1.29 bits per heavy atom. The monoisotopic (exact) mass is 405 g/mol. The number of nitrogens with zero attached hydrogens (tertiary/aromatic N) is 5. The summed E-state index contributed by atoms with van der Waals surface area (Å²) in [6.45, 7) is 7.69. The predicted molar refractivity (Wildman–Crippen MR) is 106 cm³/mol. The van der Waals surface area contributed by atoms with E-state index in [9.17, 15) is 14.9 Å². The van der Waals surface area contributed by atoms with Gasteiger partial charge in [0.25, 0.3) is 0 Å². The number of halogens is 1. The molecule has 1 amide bonds. The Hall–Kier alpha value is -2.45. The normalized spacial score (nSPS) is 16.2. The molecule has 0 bridgehead atoms. The van der Waals surface area contributed by atoms with Crippen LogP contribution >= 0.6 is 11.6 Å². The highest BCUT2D eigenvalue weighted by Crippen LogP contribution is 2.17. The molecule has 1 aliphatic heterocycles. The van der Waals surface area contributed by atoms with Crippen LogP contribution in [-0.2, 0) is 17.9 Å². The predicted octanol–water partition coefficient (Wildman–Crippen LogP) is 2.73. The molecule has 1 saturated heterocycles. The number of rotatable bonds is 6. The van der Waals surface area contributed by atoms with Crippen LogP contribution in [0, 0.1) is 23.0 Å². The molecule has 2 heterocycles. The molecule has 28 heavy (non-hydrogen) atoms. The molecule has 3 rings (SSSR count). The van der Waals surface area contributed by atoms with Gasteiger partial charge in [-0.2, -0.15) is 4.68 Å². The van der Waals surface area contributed by atoms with Gasteiger partial charge in [0.2, 0.25) is 5.91 Å². The molecular weight excluding hydrogens is 382 g/mol. The summed E-state index contributed by atoms with van der Waals surface area (Å²) in [5.74, 6) is -0.426. The van der Waals surface area contributed by atoms with Gasteiger partial charge in [-0.15, -0.1) is 0 Å². The summed E-state index contributed by atoms with van der Waals surface area (Å²) in [6, 6.07) is 9.25. The van der Waals surface area contributed by atoms with E-state index in [4.69, 9.17) is 11.6 Å². The Balaban J connectivity index is 1.52. The lowest BCUT2D eigenvalue weighted by molar-refractivity contribution is -0.389. The molecule has 2 aromatic rings. The number of benzene rings is 1. The van der Waals surface area contributed by atoms with Gasteiger partial charge in [-0.05, 0) is 29.5 Å². The Bertz CT molecular complexity index is 861. The van der Waals surface area contributed by atoms with E-state index in [2.05, 4.69) is 16.1 Å². The van der Waals surface area contributed by atoms with Gasteiger partial charge in [-0.25, -0.2) is 0 Å². The number of aryl methyl sites for hydroxylation is 1. The summed E-state index contributed by atoms with van der Waals surface area (Å²) in [7, 11) is 0. The van der Waals surface area contributed by atoms with Gasteiger partial charge >= 0.3 is 5.82 Å². The maximum atomic E-state index is 12.8. The highest BCUT2D eigenvalue weighted by atomic mass is 35.5. The highest BCUT2D eigenvalue weighted by molar-refractivity contribution is 6.30. The molecule has 1 atom stereocenters. The van der Waals surface area contributed by atoms with Crippen LogP contribution in [-0.4, -0.2) is 56.6 Å². The minimum absolute atomic E-state index is 0.0555. The number of hydrogen-bond donors (Lipinski definition) is 0. The molecule has 0 aliphatic carbocycles. The highest BCUT2D eigenvalue weighted by Gasteiger charge is 2.27. The van der Waals surface area contributed by atoms with Gasteiger partial charge in [0.05, 0.1) is 29.3 Å². The largest absolute Gasteiger partial charge is 0.390 e. The van der Waals surface area contributed by atoms with Crippen LogP contribution in [0.3, 0.4) is 0 Å². The fourth-order valence-corrected chi connectivity index (χ4v) is 3.65. The van der Waals surface area contributed by atoms with E-state index in [1.807, 2.05) is 30.0 Å². The number of hydrogen-bond acceptors (Lipinski definition) is 5. The first-order valence-electron chi connectivity index (χ1n) is 9.28. The third kappa shape index (κ3) is 4.88. The molecule has 0 N–H and O–H groups in total.